The molecule has 3 aliphatic rings. The van der Waals surface area contributed by atoms with Gasteiger partial charge in [-0.15, -0.1) is 0 Å². The first-order valence-corrected chi connectivity index (χ1v) is 11.1. The zero-order chi connectivity index (χ0) is 25.5. The summed E-state index contributed by atoms with van der Waals surface area (Å²) < 4.78 is 22.4. The van der Waals surface area contributed by atoms with Crippen molar-refractivity contribution in [3.63, 3.8) is 0 Å². The molecule has 35 heavy (non-hydrogen) atoms. The van der Waals surface area contributed by atoms with Gasteiger partial charge in [0.05, 0.1) is 35.5 Å². The van der Waals surface area contributed by atoms with Crippen LogP contribution in [-0.4, -0.2) is 91.8 Å². The third-order valence-electron chi connectivity index (χ3n) is 6.82. The Balaban J connectivity index is 1.60. The molecule has 0 aromatic heterocycles. The minimum atomic E-state index is -1.72. The lowest BCUT2D eigenvalue weighted by molar-refractivity contribution is -0.345. The fraction of sp³-hybridized carbons (Fsp3) is 0.565. The van der Waals surface area contributed by atoms with E-state index in [4.69, 9.17) is 18.9 Å². The molecule has 12 heteroatoms. The van der Waals surface area contributed by atoms with E-state index in [2.05, 4.69) is 0 Å². The molecule has 12 nitrogen and oxygen atoms in total. The van der Waals surface area contributed by atoms with Crippen LogP contribution in [0.3, 0.4) is 0 Å². The Morgan fingerprint density at radius 3 is 2.46 bits per heavy atom. The van der Waals surface area contributed by atoms with Crippen molar-refractivity contribution in [2.75, 3.05) is 6.61 Å². The number of aromatic hydroxyl groups is 1. The Hall–Kier alpha value is -2.74. The van der Waals surface area contributed by atoms with Crippen molar-refractivity contribution >= 4 is 11.9 Å². The maximum Gasteiger partial charge on any atom is 0.338 e. The van der Waals surface area contributed by atoms with Gasteiger partial charge >= 0.3 is 11.9 Å². The number of phenols is 1. The molecule has 9 atom stereocenters. The maximum absolute atomic E-state index is 12.7. The number of hydrogen-bond donors (Lipinski definition) is 6. The Morgan fingerprint density at radius 2 is 1.83 bits per heavy atom. The Bertz CT molecular complexity index is 973. The summed E-state index contributed by atoms with van der Waals surface area (Å²) in [7, 11) is 0. The number of carbonyl (C=O) groups excluding carboxylic acids is 1. The molecule has 2 fully saturated rings. The van der Waals surface area contributed by atoms with Gasteiger partial charge in [-0.25, -0.2) is 9.59 Å². The van der Waals surface area contributed by atoms with E-state index in [-0.39, 0.29) is 23.3 Å². The lowest BCUT2D eigenvalue weighted by Gasteiger charge is -2.45. The highest BCUT2D eigenvalue weighted by Crippen LogP contribution is 2.49. The number of esters is 1. The first kappa shape index (κ1) is 25.4. The van der Waals surface area contributed by atoms with Crippen molar-refractivity contribution in [1.82, 2.24) is 0 Å². The molecule has 1 aliphatic carbocycles. The second-order valence-electron chi connectivity index (χ2n) is 9.17. The van der Waals surface area contributed by atoms with Crippen LogP contribution in [0.2, 0.25) is 0 Å². The molecule has 4 rings (SSSR count). The highest BCUT2D eigenvalue weighted by Gasteiger charge is 2.56. The molecule has 6 N–H and O–H groups in total. The van der Waals surface area contributed by atoms with Crippen LogP contribution in [0.15, 0.2) is 36.1 Å². The maximum atomic E-state index is 12.7. The molecule has 0 bridgehead atoms. The van der Waals surface area contributed by atoms with Crippen LogP contribution in [0.4, 0.5) is 0 Å². The Kier molecular flexibility index (Phi) is 7.04. The zero-order valence-electron chi connectivity index (χ0n) is 18.8. The monoisotopic (exact) mass is 496 g/mol. The summed E-state index contributed by atoms with van der Waals surface area (Å²) in [5.74, 6) is -3.60. The van der Waals surface area contributed by atoms with Gasteiger partial charge in [0, 0.05) is 5.92 Å². The number of aliphatic hydroxyl groups excluding tert-OH is 3. The van der Waals surface area contributed by atoms with Crippen molar-refractivity contribution in [2.45, 2.75) is 62.4 Å². The highest BCUT2D eigenvalue weighted by molar-refractivity contribution is 5.89. The van der Waals surface area contributed by atoms with Crippen LogP contribution >= 0.6 is 0 Å². The van der Waals surface area contributed by atoms with Gasteiger partial charge in [-0.2, -0.15) is 0 Å². The lowest BCUT2D eigenvalue weighted by atomic mass is 9.81. The largest absolute Gasteiger partial charge is 0.508 e. The molecule has 1 aromatic carbocycles. The van der Waals surface area contributed by atoms with E-state index in [0.29, 0.717) is 6.42 Å². The summed E-state index contributed by atoms with van der Waals surface area (Å²) in [6, 6.07) is 5.11. The van der Waals surface area contributed by atoms with Crippen LogP contribution in [0.1, 0.15) is 30.1 Å². The van der Waals surface area contributed by atoms with Crippen LogP contribution < -0.4 is 0 Å². The smallest absolute Gasteiger partial charge is 0.338 e. The lowest BCUT2D eigenvalue weighted by Crippen LogP contribution is -2.62. The van der Waals surface area contributed by atoms with E-state index >= 15 is 0 Å². The van der Waals surface area contributed by atoms with Crippen molar-refractivity contribution in [3.8, 4) is 5.75 Å². The van der Waals surface area contributed by atoms with Gasteiger partial charge in [0.2, 0.25) is 12.6 Å². The normalized spacial score (nSPS) is 38.7. The zero-order valence-corrected chi connectivity index (χ0v) is 18.8. The molecule has 192 valence electrons. The number of hydrogen-bond acceptors (Lipinski definition) is 11. The fourth-order valence-electron chi connectivity index (χ4n) is 4.91. The highest BCUT2D eigenvalue weighted by atomic mass is 16.8. The summed E-state index contributed by atoms with van der Waals surface area (Å²) in [6.07, 6.45) is -7.32. The number of fused-ring (bicyclic) bond motifs is 1. The molecule has 2 heterocycles. The molecule has 1 saturated heterocycles. The van der Waals surface area contributed by atoms with Crippen LogP contribution in [-0.2, 0) is 23.7 Å². The van der Waals surface area contributed by atoms with Crippen LogP contribution in [0.5, 0.6) is 5.75 Å². The summed E-state index contributed by atoms with van der Waals surface area (Å²) in [5.41, 5.74) is -1.34. The number of ether oxygens (including phenoxy) is 4. The summed E-state index contributed by atoms with van der Waals surface area (Å²) >= 11 is 0. The van der Waals surface area contributed by atoms with Gasteiger partial charge in [0.15, 0.2) is 6.10 Å². The Morgan fingerprint density at radius 1 is 1.14 bits per heavy atom. The molecule has 1 saturated carbocycles. The number of carbonyl (C=O) groups is 2. The van der Waals surface area contributed by atoms with Crippen LogP contribution in [0.25, 0.3) is 0 Å². The number of carboxylic acid groups (broad SMARTS) is 1. The molecule has 1 unspecified atom stereocenters. The van der Waals surface area contributed by atoms with E-state index in [0.717, 1.165) is 6.26 Å². The second-order valence-corrected chi connectivity index (χ2v) is 9.17. The van der Waals surface area contributed by atoms with Crippen molar-refractivity contribution < 1.29 is 59.2 Å². The van der Waals surface area contributed by atoms with E-state index in [1.165, 1.54) is 31.2 Å². The summed E-state index contributed by atoms with van der Waals surface area (Å²) in [5, 5.41) is 60.4. The van der Waals surface area contributed by atoms with Gasteiger partial charge in [-0.1, -0.05) is 0 Å². The minimum Gasteiger partial charge on any atom is -0.508 e. The Labute approximate surface area is 199 Å². The summed E-state index contributed by atoms with van der Waals surface area (Å²) in [4.78, 5) is 24.3. The van der Waals surface area contributed by atoms with E-state index < -0.39 is 73.0 Å². The molecule has 0 spiro atoms. The van der Waals surface area contributed by atoms with E-state index in [9.17, 15) is 40.2 Å². The van der Waals surface area contributed by atoms with Crippen molar-refractivity contribution in [2.24, 2.45) is 11.8 Å². The molecule has 1 aromatic rings. The van der Waals surface area contributed by atoms with Gasteiger partial charge in [-0.3, -0.25) is 0 Å². The van der Waals surface area contributed by atoms with Crippen molar-refractivity contribution in [3.05, 3.63) is 41.7 Å². The SMILES string of the molecule is CC1(O)CC[C@H]2C(C(=O)O)=CO[C@@H](O[C@@H]3O[C@H](CO)[C@@H](O)[C@H](O)[C@H]3OC(=O)c3ccc(O)cc3)[C@@H]21. The van der Waals surface area contributed by atoms with Crippen LogP contribution in [0, 0.1) is 11.8 Å². The molecule has 2 aliphatic heterocycles. The number of rotatable bonds is 6. The first-order chi connectivity index (χ1) is 16.5. The number of aliphatic hydroxyl groups is 4. The second kappa shape index (κ2) is 9.72. The fourth-order valence-corrected chi connectivity index (χ4v) is 4.91. The predicted molar refractivity (Wildman–Crippen MR) is 114 cm³/mol. The average molecular weight is 496 g/mol. The number of aliphatic carboxylic acids is 1. The molecular weight excluding hydrogens is 468 g/mol. The van der Waals surface area contributed by atoms with Gasteiger partial charge in [0.25, 0.3) is 0 Å². The quantitative estimate of drug-likeness (QED) is 0.276. The molecular formula is C23H28O12. The van der Waals surface area contributed by atoms with E-state index in [1.807, 2.05) is 0 Å². The molecule has 0 amide bonds. The van der Waals surface area contributed by atoms with Gasteiger partial charge in [0.1, 0.15) is 24.1 Å². The van der Waals surface area contributed by atoms with Gasteiger partial charge in [-0.05, 0) is 44.0 Å². The van der Waals surface area contributed by atoms with Crippen molar-refractivity contribution in [1.29, 1.82) is 0 Å². The predicted octanol–water partition coefficient (Wildman–Crippen LogP) is -0.525. The molecule has 0 radical (unpaired) electrons. The first-order valence-electron chi connectivity index (χ1n) is 11.1. The average Bonchev–Trinajstić information content (AvgIpc) is 3.14. The standard InChI is InChI=1S/C23H28O12/c1-23(31)7-6-12-13(19(28)29)9-32-21(15(12)23)35-22-18(17(27)16(26)14(8-24)33-22)34-20(30)10-2-4-11(25)5-3-10/h2-5,9,12,14-18,21-22,24-27,31H,6-8H2,1H3,(H,28,29)/t12-,14+,15+,16+,17-,18+,21-,22-,23?/m0/s1. The minimum absolute atomic E-state index is 0.0174. The van der Waals surface area contributed by atoms with Gasteiger partial charge < -0.3 is 49.6 Å². The number of benzene rings is 1. The third-order valence-corrected chi connectivity index (χ3v) is 6.82. The topological polar surface area (TPSA) is 192 Å². The number of phenolic OH excluding ortho intramolecular Hbond substituents is 1. The van der Waals surface area contributed by atoms with E-state index in [1.54, 1.807) is 0 Å². The third kappa shape index (κ3) is 4.85. The summed E-state index contributed by atoms with van der Waals surface area (Å²) in [6.45, 7) is 0.844. The number of carboxylic acids is 1.